The Morgan fingerprint density at radius 3 is 2.56 bits per heavy atom. The molecule has 18 heavy (non-hydrogen) atoms. The SMILES string of the molecule is Nc1c(Cl)cccc1C(=O)OCc1ccccc1. The number of carbonyl (C=O) groups is 1. The Hall–Kier alpha value is -2.00. The fraction of sp³-hybridized carbons (Fsp3) is 0.0714. The molecule has 4 heteroatoms. The lowest BCUT2D eigenvalue weighted by atomic mass is 10.2. The van der Waals surface area contributed by atoms with E-state index >= 15 is 0 Å². The number of para-hydroxylation sites is 1. The summed E-state index contributed by atoms with van der Waals surface area (Å²) in [5, 5.41) is 0.351. The number of carbonyl (C=O) groups excluding carboxylic acids is 1. The van der Waals surface area contributed by atoms with Crippen LogP contribution in [0.25, 0.3) is 0 Å². The molecule has 2 rings (SSSR count). The molecule has 0 aliphatic heterocycles. The van der Waals surface area contributed by atoms with Crippen molar-refractivity contribution in [2.75, 3.05) is 5.73 Å². The number of hydrogen-bond donors (Lipinski definition) is 1. The van der Waals surface area contributed by atoms with E-state index in [0.29, 0.717) is 10.6 Å². The van der Waals surface area contributed by atoms with Crippen molar-refractivity contribution in [3.05, 3.63) is 64.7 Å². The largest absolute Gasteiger partial charge is 0.457 e. The van der Waals surface area contributed by atoms with Crippen molar-refractivity contribution in [3.63, 3.8) is 0 Å². The van der Waals surface area contributed by atoms with Crippen molar-refractivity contribution < 1.29 is 9.53 Å². The first-order valence-corrected chi connectivity index (χ1v) is 5.81. The van der Waals surface area contributed by atoms with Gasteiger partial charge in [0.25, 0.3) is 0 Å². The second kappa shape index (κ2) is 5.56. The predicted molar refractivity (Wildman–Crippen MR) is 71.4 cm³/mol. The van der Waals surface area contributed by atoms with Gasteiger partial charge in [-0.15, -0.1) is 0 Å². The summed E-state index contributed by atoms with van der Waals surface area (Å²) >= 11 is 5.84. The lowest BCUT2D eigenvalue weighted by Crippen LogP contribution is -2.08. The summed E-state index contributed by atoms with van der Waals surface area (Å²) in [6, 6.07) is 14.3. The smallest absolute Gasteiger partial charge is 0.340 e. The summed E-state index contributed by atoms with van der Waals surface area (Å²) in [5.74, 6) is -0.473. The van der Waals surface area contributed by atoms with E-state index in [-0.39, 0.29) is 12.3 Å². The molecular weight excluding hydrogens is 250 g/mol. The lowest BCUT2D eigenvalue weighted by molar-refractivity contribution is 0.0474. The molecule has 0 saturated carbocycles. The number of benzene rings is 2. The predicted octanol–water partition coefficient (Wildman–Crippen LogP) is 3.28. The zero-order valence-electron chi connectivity index (χ0n) is 9.60. The van der Waals surface area contributed by atoms with Gasteiger partial charge in [-0.25, -0.2) is 4.79 Å². The Morgan fingerprint density at radius 2 is 1.83 bits per heavy atom. The van der Waals surface area contributed by atoms with Crippen LogP contribution >= 0.6 is 11.6 Å². The molecule has 0 aliphatic carbocycles. The third-order valence-electron chi connectivity index (χ3n) is 2.49. The number of ether oxygens (including phenoxy) is 1. The highest BCUT2D eigenvalue weighted by atomic mass is 35.5. The van der Waals surface area contributed by atoms with Crippen LogP contribution < -0.4 is 5.73 Å². The van der Waals surface area contributed by atoms with Crippen molar-refractivity contribution in [3.8, 4) is 0 Å². The molecule has 0 radical (unpaired) electrons. The molecule has 0 aliphatic rings. The van der Waals surface area contributed by atoms with Crippen LogP contribution in [0, 0.1) is 0 Å². The van der Waals surface area contributed by atoms with Crippen LogP contribution in [0.2, 0.25) is 5.02 Å². The van der Waals surface area contributed by atoms with Gasteiger partial charge in [-0.3, -0.25) is 0 Å². The molecule has 2 N–H and O–H groups in total. The van der Waals surface area contributed by atoms with Gasteiger partial charge in [-0.2, -0.15) is 0 Å². The van der Waals surface area contributed by atoms with Gasteiger partial charge in [-0.05, 0) is 17.7 Å². The average molecular weight is 262 g/mol. The number of esters is 1. The average Bonchev–Trinajstić information content (AvgIpc) is 2.40. The van der Waals surface area contributed by atoms with E-state index in [4.69, 9.17) is 22.1 Å². The third-order valence-corrected chi connectivity index (χ3v) is 2.82. The van der Waals surface area contributed by atoms with E-state index in [1.165, 1.54) is 0 Å². The van der Waals surface area contributed by atoms with E-state index < -0.39 is 5.97 Å². The molecule has 0 bridgehead atoms. The normalized spacial score (nSPS) is 10.1. The maximum atomic E-state index is 11.8. The maximum absolute atomic E-state index is 11.8. The van der Waals surface area contributed by atoms with E-state index in [0.717, 1.165) is 5.56 Å². The Labute approximate surface area is 110 Å². The molecule has 0 aromatic heterocycles. The van der Waals surface area contributed by atoms with Gasteiger partial charge >= 0.3 is 5.97 Å². The van der Waals surface area contributed by atoms with Crippen LogP contribution in [0.1, 0.15) is 15.9 Å². The summed E-state index contributed by atoms with van der Waals surface area (Å²) in [5.41, 5.74) is 7.18. The molecule has 0 heterocycles. The first-order valence-electron chi connectivity index (χ1n) is 5.43. The zero-order valence-corrected chi connectivity index (χ0v) is 10.4. The Bertz CT molecular complexity index is 555. The van der Waals surface area contributed by atoms with Gasteiger partial charge in [0.05, 0.1) is 16.3 Å². The van der Waals surface area contributed by atoms with E-state index in [9.17, 15) is 4.79 Å². The molecule has 3 nitrogen and oxygen atoms in total. The van der Waals surface area contributed by atoms with Crippen molar-refractivity contribution >= 4 is 23.3 Å². The van der Waals surface area contributed by atoms with Gasteiger partial charge in [0.1, 0.15) is 6.61 Å². The van der Waals surface area contributed by atoms with Gasteiger partial charge in [-0.1, -0.05) is 48.0 Å². The molecule has 0 fully saturated rings. The summed E-state index contributed by atoms with van der Waals surface area (Å²) in [6.07, 6.45) is 0. The highest BCUT2D eigenvalue weighted by molar-refractivity contribution is 6.33. The standard InChI is InChI=1S/C14H12ClNO2/c15-12-8-4-7-11(13(12)16)14(17)18-9-10-5-2-1-3-6-10/h1-8H,9,16H2. The highest BCUT2D eigenvalue weighted by Crippen LogP contribution is 2.23. The Kier molecular flexibility index (Phi) is 3.85. The number of anilines is 1. The van der Waals surface area contributed by atoms with Gasteiger partial charge in [0.2, 0.25) is 0 Å². The van der Waals surface area contributed by atoms with E-state index in [1.54, 1.807) is 18.2 Å². The van der Waals surface area contributed by atoms with E-state index in [2.05, 4.69) is 0 Å². The summed E-state index contributed by atoms with van der Waals surface area (Å²) in [4.78, 5) is 11.8. The van der Waals surface area contributed by atoms with Crippen molar-refractivity contribution in [1.82, 2.24) is 0 Å². The van der Waals surface area contributed by atoms with Crippen LogP contribution in [0.15, 0.2) is 48.5 Å². The fourth-order valence-corrected chi connectivity index (χ4v) is 1.69. The first kappa shape index (κ1) is 12.5. The number of halogens is 1. The topological polar surface area (TPSA) is 52.3 Å². The summed E-state index contributed by atoms with van der Waals surface area (Å²) in [6.45, 7) is 0.214. The first-order chi connectivity index (χ1) is 8.68. The highest BCUT2D eigenvalue weighted by Gasteiger charge is 2.12. The van der Waals surface area contributed by atoms with Gasteiger partial charge in [0.15, 0.2) is 0 Å². The lowest BCUT2D eigenvalue weighted by Gasteiger charge is -2.07. The molecule has 0 unspecified atom stereocenters. The number of nitrogens with two attached hydrogens (primary N) is 1. The quantitative estimate of drug-likeness (QED) is 0.681. The molecular formula is C14H12ClNO2. The molecule has 2 aromatic rings. The molecule has 0 saturated heterocycles. The van der Waals surface area contributed by atoms with Crippen LogP contribution in [0.5, 0.6) is 0 Å². The number of nitrogen functional groups attached to an aromatic ring is 1. The van der Waals surface area contributed by atoms with Gasteiger partial charge < -0.3 is 10.5 Å². The van der Waals surface area contributed by atoms with Crippen molar-refractivity contribution in [2.45, 2.75) is 6.61 Å². The molecule has 0 spiro atoms. The molecule has 2 aromatic carbocycles. The minimum atomic E-state index is -0.473. The number of hydrogen-bond acceptors (Lipinski definition) is 3. The molecule has 0 atom stereocenters. The second-order valence-electron chi connectivity index (χ2n) is 3.76. The zero-order chi connectivity index (χ0) is 13.0. The minimum Gasteiger partial charge on any atom is -0.457 e. The number of rotatable bonds is 3. The Morgan fingerprint density at radius 1 is 1.11 bits per heavy atom. The summed E-state index contributed by atoms with van der Waals surface area (Å²) in [7, 11) is 0. The molecule has 92 valence electrons. The van der Waals surface area contributed by atoms with E-state index in [1.807, 2.05) is 30.3 Å². The fourth-order valence-electron chi connectivity index (χ4n) is 1.52. The van der Waals surface area contributed by atoms with Crippen LogP contribution in [-0.2, 0) is 11.3 Å². The second-order valence-corrected chi connectivity index (χ2v) is 4.17. The van der Waals surface area contributed by atoms with Gasteiger partial charge in [0, 0.05) is 0 Å². The monoisotopic (exact) mass is 261 g/mol. The minimum absolute atomic E-state index is 0.214. The third kappa shape index (κ3) is 2.81. The maximum Gasteiger partial charge on any atom is 0.340 e. The van der Waals surface area contributed by atoms with Crippen molar-refractivity contribution in [2.24, 2.45) is 0 Å². The molecule has 0 amide bonds. The van der Waals surface area contributed by atoms with Crippen LogP contribution in [-0.4, -0.2) is 5.97 Å². The van der Waals surface area contributed by atoms with Crippen molar-refractivity contribution in [1.29, 1.82) is 0 Å². The van der Waals surface area contributed by atoms with Crippen LogP contribution in [0.3, 0.4) is 0 Å². The summed E-state index contributed by atoms with van der Waals surface area (Å²) < 4.78 is 5.17. The van der Waals surface area contributed by atoms with Crippen LogP contribution in [0.4, 0.5) is 5.69 Å². The Balaban J connectivity index is 2.07.